The van der Waals surface area contributed by atoms with Crippen molar-refractivity contribution in [2.45, 2.75) is 25.7 Å². The van der Waals surface area contributed by atoms with Crippen LogP contribution in [-0.4, -0.2) is 22.5 Å². The minimum absolute atomic E-state index is 0.00843. The van der Waals surface area contributed by atoms with Crippen molar-refractivity contribution in [1.82, 2.24) is 0 Å². The molecule has 1 saturated carbocycles. The lowest BCUT2D eigenvalue weighted by Crippen LogP contribution is -2.38. The van der Waals surface area contributed by atoms with Crippen molar-refractivity contribution in [2.75, 3.05) is 11.9 Å². The lowest BCUT2D eigenvalue weighted by Gasteiger charge is -2.41. The summed E-state index contributed by atoms with van der Waals surface area (Å²) in [5.41, 5.74) is 0.104. The van der Waals surface area contributed by atoms with Crippen molar-refractivity contribution >= 4 is 17.3 Å². The smallest absolute Gasteiger partial charge is 0.303 e. The molecule has 0 heterocycles. The maximum Gasteiger partial charge on any atom is 0.303 e. The first kappa shape index (κ1) is 14.8. The number of hydrogen-bond donors (Lipinski definition) is 2. The average Bonchev–Trinajstić information content (AvgIpc) is 2.40. The number of carboxylic acids is 1. The van der Waals surface area contributed by atoms with Gasteiger partial charge in [-0.05, 0) is 30.4 Å². The van der Waals surface area contributed by atoms with Crippen LogP contribution in [0.2, 0.25) is 0 Å². The van der Waals surface area contributed by atoms with E-state index in [9.17, 15) is 14.9 Å². The summed E-state index contributed by atoms with van der Waals surface area (Å²) in [5, 5.41) is 31.7. The van der Waals surface area contributed by atoms with E-state index in [0.717, 1.165) is 19.3 Å². The molecule has 21 heavy (non-hydrogen) atoms. The molecule has 0 saturated heterocycles. The number of benzene rings is 1. The van der Waals surface area contributed by atoms with Gasteiger partial charge in [0.15, 0.2) is 0 Å². The predicted molar refractivity (Wildman–Crippen MR) is 74.8 cm³/mol. The molecular formula is C14H15N3O4. The standard InChI is InChI=1S/C14H15N3O4/c15-8-10-6-11(2-3-12(10)17(20)21)16-9-14(4-1-5-14)7-13(18)19/h2-3,6,16H,1,4-5,7,9H2,(H,18,19). The van der Waals surface area contributed by atoms with Gasteiger partial charge in [0.05, 0.1) is 11.3 Å². The number of rotatable bonds is 6. The van der Waals surface area contributed by atoms with Crippen LogP contribution in [0.3, 0.4) is 0 Å². The summed E-state index contributed by atoms with van der Waals surface area (Å²) in [5.74, 6) is -0.821. The fraction of sp³-hybridized carbons (Fsp3) is 0.429. The number of anilines is 1. The van der Waals surface area contributed by atoms with Crippen LogP contribution in [0.5, 0.6) is 0 Å². The third-order valence-corrected chi connectivity index (χ3v) is 3.92. The molecule has 0 radical (unpaired) electrons. The summed E-state index contributed by atoms with van der Waals surface area (Å²) in [7, 11) is 0. The molecule has 1 aromatic rings. The van der Waals surface area contributed by atoms with Crippen molar-refractivity contribution in [3.05, 3.63) is 33.9 Å². The Labute approximate surface area is 121 Å². The van der Waals surface area contributed by atoms with Gasteiger partial charge in [0.2, 0.25) is 0 Å². The first-order valence-corrected chi connectivity index (χ1v) is 6.60. The Hall–Kier alpha value is -2.62. The molecule has 110 valence electrons. The van der Waals surface area contributed by atoms with E-state index < -0.39 is 10.9 Å². The number of carboxylic acid groups (broad SMARTS) is 1. The lowest BCUT2D eigenvalue weighted by molar-refractivity contribution is -0.385. The summed E-state index contributed by atoms with van der Waals surface area (Å²) in [4.78, 5) is 21.1. The summed E-state index contributed by atoms with van der Waals surface area (Å²) < 4.78 is 0. The van der Waals surface area contributed by atoms with Gasteiger partial charge in [-0.25, -0.2) is 0 Å². The summed E-state index contributed by atoms with van der Waals surface area (Å²) >= 11 is 0. The van der Waals surface area contributed by atoms with Crippen LogP contribution in [0.15, 0.2) is 18.2 Å². The molecule has 0 aromatic heterocycles. The molecule has 7 heteroatoms. The van der Waals surface area contributed by atoms with Gasteiger partial charge in [0, 0.05) is 18.3 Å². The minimum Gasteiger partial charge on any atom is -0.481 e. The molecule has 0 unspecified atom stereocenters. The predicted octanol–water partition coefficient (Wildman–Crippen LogP) is 2.52. The molecule has 0 bridgehead atoms. The zero-order valence-electron chi connectivity index (χ0n) is 11.3. The summed E-state index contributed by atoms with van der Waals surface area (Å²) in [6.07, 6.45) is 2.82. The quantitative estimate of drug-likeness (QED) is 0.614. The highest BCUT2D eigenvalue weighted by Gasteiger charge is 2.38. The SMILES string of the molecule is N#Cc1cc(NCC2(CC(=O)O)CCC2)ccc1[N+](=O)[O-]. The highest BCUT2D eigenvalue weighted by Crippen LogP contribution is 2.44. The molecule has 0 atom stereocenters. The second-order valence-corrected chi connectivity index (χ2v) is 5.38. The van der Waals surface area contributed by atoms with Crippen LogP contribution in [0, 0.1) is 26.9 Å². The first-order chi connectivity index (χ1) is 9.96. The number of carbonyl (C=O) groups is 1. The Morgan fingerprint density at radius 2 is 2.24 bits per heavy atom. The minimum atomic E-state index is -0.821. The fourth-order valence-electron chi connectivity index (χ4n) is 2.60. The molecule has 0 amide bonds. The Bertz CT molecular complexity index is 617. The van der Waals surface area contributed by atoms with Gasteiger partial charge in [-0.3, -0.25) is 14.9 Å². The number of nitrogens with zero attached hydrogens (tertiary/aromatic N) is 2. The van der Waals surface area contributed by atoms with Crippen LogP contribution in [0.1, 0.15) is 31.2 Å². The lowest BCUT2D eigenvalue weighted by atomic mass is 9.66. The van der Waals surface area contributed by atoms with Gasteiger partial charge in [-0.2, -0.15) is 5.26 Å². The second-order valence-electron chi connectivity index (χ2n) is 5.38. The van der Waals surface area contributed by atoms with Crippen LogP contribution >= 0.6 is 0 Å². The van der Waals surface area contributed by atoms with Crippen molar-refractivity contribution in [2.24, 2.45) is 5.41 Å². The second kappa shape index (κ2) is 5.79. The molecule has 1 fully saturated rings. The monoisotopic (exact) mass is 289 g/mol. The molecule has 1 aromatic carbocycles. The maximum atomic E-state index is 10.9. The van der Waals surface area contributed by atoms with Crippen LogP contribution in [0.4, 0.5) is 11.4 Å². The third kappa shape index (κ3) is 3.28. The Kier molecular flexibility index (Phi) is 4.08. The van der Waals surface area contributed by atoms with Gasteiger partial charge >= 0.3 is 5.97 Å². The topological polar surface area (TPSA) is 116 Å². The summed E-state index contributed by atoms with van der Waals surface area (Å²) in [6.45, 7) is 0.488. The largest absolute Gasteiger partial charge is 0.481 e. The number of nitro benzene ring substituents is 1. The molecule has 2 rings (SSSR count). The number of hydrogen-bond acceptors (Lipinski definition) is 5. The van der Waals surface area contributed by atoms with Crippen LogP contribution in [0.25, 0.3) is 0 Å². The Morgan fingerprint density at radius 3 is 2.71 bits per heavy atom. The van der Waals surface area contributed by atoms with E-state index in [2.05, 4.69) is 5.32 Å². The van der Waals surface area contributed by atoms with E-state index in [1.165, 1.54) is 18.2 Å². The van der Waals surface area contributed by atoms with Gasteiger partial charge < -0.3 is 10.4 Å². The van der Waals surface area contributed by atoms with Gasteiger partial charge in [-0.15, -0.1) is 0 Å². The van der Waals surface area contributed by atoms with E-state index in [-0.39, 0.29) is 23.1 Å². The number of aliphatic carboxylic acids is 1. The van der Waals surface area contributed by atoms with Crippen molar-refractivity contribution < 1.29 is 14.8 Å². The van der Waals surface area contributed by atoms with E-state index in [1.54, 1.807) is 6.07 Å². The molecule has 7 nitrogen and oxygen atoms in total. The van der Waals surface area contributed by atoms with Gasteiger partial charge in [0.1, 0.15) is 11.6 Å². The molecular weight excluding hydrogens is 274 g/mol. The molecule has 0 aliphatic heterocycles. The van der Waals surface area contributed by atoms with Gasteiger partial charge in [-0.1, -0.05) is 6.42 Å². The normalized spacial score (nSPS) is 15.6. The molecule has 1 aliphatic rings. The summed E-state index contributed by atoms with van der Waals surface area (Å²) in [6, 6.07) is 6.04. The van der Waals surface area contributed by atoms with Gasteiger partial charge in [0.25, 0.3) is 5.69 Å². The third-order valence-electron chi connectivity index (χ3n) is 3.92. The highest BCUT2D eigenvalue weighted by molar-refractivity contribution is 5.68. The first-order valence-electron chi connectivity index (χ1n) is 6.60. The Balaban J connectivity index is 2.08. The highest BCUT2D eigenvalue weighted by atomic mass is 16.6. The van der Waals surface area contributed by atoms with E-state index in [4.69, 9.17) is 10.4 Å². The molecule has 2 N–H and O–H groups in total. The van der Waals surface area contributed by atoms with Crippen LogP contribution < -0.4 is 5.32 Å². The van der Waals surface area contributed by atoms with E-state index in [1.807, 2.05) is 0 Å². The zero-order chi connectivity index (χ0) is 15.5. The van der Waals surface area contributed by atoms with E-state index in [0.29, 0.717) is 12.2 Å². The van der Waals surface area contributed by atoms with Crippen molar-refractivity contribution in [3.8, 4) is 6.07 Å². The van der Waals surface area contributed by atoms with Crippen molar-refractivity contribution in [3.63, 3.8) is 0 Å². The molecule has 0 spiro atoms. The number of nitro groups is 1. The average molecular weight is 289 g/mol. The number of nitrogens with one attached hydrogen (secondary N) is 1. The van der Waals surface area contributed by atoms with Crippen LogP contribution in [-0.2, 0) is 4.79 Å². The fourth-order valence-corrected chi connectivity index (χ4v) is 2.60. The maximum absolute atomic E-state index is 10.9. The van der Waals surface area contributed by atoms with Crippen molar-refractivity contribution in [1.29, 1.82) is 5.26 Å². The van der Waals surface area contributed by atoms with E-state index >= 15 is 0 Å². The molecule has 1 aliphatic carbocycles. The Morgan fingerprint density at radius 1 is 1.52 bits per heavy atom. The number of nitriles is 1. The zero-order valence-corrected chi connectivity index (χ0v) is 11.3.